The molecular weight excluding hydrogens is 386 g/mol. The number of hydrogen-bond donors (Lipinski definition) is 3. The van der Waals surface area contributed by atoms with Crippen LogP contribution in [0, 0.1) is 0 Å². The zero-order valence-electron chi connectivity index (χ0n) is 15.8. The molecule has 0 fully saturated rings. The van der Waals surface area contributed by atoms with Gasteiger partial charge >= 0.3 is 6.03 Å². The van der Waals surface area contributed by atoms with Crippen molar-refractivity contribution < 1.29 is 9.53 Å². The van der Waals surface area contributed by atoms with Gasteiger partial charge in [-0.05, 0) is 73.2 Å². The van der Waals surface area contributed by atoms with Crippen molar-refractivity contribution in [1.82, 2.24) is 4.98 Å². The Morgan fingerprint density at radius 1 is 0.931 bits per heavy atom. The minimum Gasteiger partial charge on any atom is -0.494 e. The molecule has 0 aliphatic carbocycles. The third-order valence-corrected chi connectivity index (χ3v) is 4.69. The van der Waals surface area contributed by atoms with Crippen molar-refractivity contribution in [3.8, 4) is 17.0 Å². The van der Waals surface area contributed by atoms with Crippen LogP contribution in [0.3, 0.4) is 0 Å². The molecule has 1 aromatic heterocycles. The maximum atomic E-state index is 12.2. The van der Waals surface area contributed by atoms with Crippen molar-refractivity contribution in [1.29, 1.82) is 0 Å². The molecule has 0 bridgehead atoms. The Morgan fingerprint density at radius 2 is 1.59 bits per heavy atom. The molecule has 3 aromatic carbocycles. The number of ether oxygens (including phenoxy) is 1. The summed E-state index contributed by atoms with van der Waals surface area (Å²) in [6, 6.07) is 22.4. The summed E-state index contributed by atoms with van der Waals surface area (Å²) in [6.07, 6.45) is 0. The average Bonchev–Trinajstić information content (AvgIpc) is 3.13. The molecule has 0 spiro atoms. The Kier molecular flexibility index (Phi) is 5.40. The van der Waals surface area contributed by atoms with Gasteiger partial charge < -0.3 is 20.4 Å². The highest BCUT2D eigenvalue weighted by Gasteiger charge is 2.06. The standard InChI is InChI=1S/C23H20ClN3O2/c1-2-29-20-10-8-19(9-11-20)26-23(28)25-18-6-3-15(4-7-18)22-14-16-13-17(24)5-12-21(16)27-22/h3-14,27H,2H2,1H3,(H2,25,26,28). The largest absolute Gasteiger partial charge is 0.494 e. The fourth-order valence-corrected chi connectivity index (χ4v) is 3.27. The SMILES string of the molecule is CCOc1ccc(NC(=O)Nc2ccc(-c3cc4cc(Cl)ccc4[nH]3)cc2)cc1. The maximum Gasteiger partial charge on any atom is 0.323 e. The molecule has 5 nitrogen and oxygen atoms in total. The summed E-state index contributed by atoms with van der Waals surface area (Å²) in [5, 5.41) is 7.41. The highest BCUT2D eigenvalue weighted by Crippen LogP contribution is 2.27. The van der Waals surface area contributed by atoms with Crippen LogP contribution in [0.1, 0.15) is 6.92 Å². The number of nitrogens with one attached hydrogen (secondary N) is 3. The lowest BCUT2D eigenvalue weighted by atomic mass is 10.1. The van der Waals surface area contributed by atoms with E-state index in [1.807, 2.05) is 61.5 Å². The molecule has 0 unspecified atom stereocenters. The number of rotatable bonds is 5. The second-order valence-corrected chi connectivity index (χ2v) is 6.96. The highest BCUT2D eigenvalue weighted by molar-refractivity contribution is 6.31. The van der Waals surface area contributed by atoms with Crippen LogP contribution >= 0.6 is 11.6 Å². The highest BCUT2D eigenvalue weighted by atomic mass is 35.5. The van der Waals surface area contributed by atoms with Crippen LogP contribution in [0.15, 0.2) is 72.8 Å². The van der Waals surface area contributed by atoms with Gasteiger partial charge in [-0.1, -0.05) is 23.7 Å². The Balaban J connectivity index is 1.41. The van der Waals surface area contributed by atoms with Crippen molar-refractivity contribution in [2.24, 2.45) is 0 Å². The van der Waals surface area contributed by atoms with Gasteiger partial charge in [-0.2, -0.15) is 0 Å². The number of fused-ring (bicyclic) bond motifs is 1. The summed E-state index contributed by atoms with van der Waals surface area (Å²) >= 11 is 6.06. The fraction of sp³-hybridized carbons (Fsp3) is 0.0870. The quantitative estimate of drug-likeness (QED) is 0.353. The smallest absolute Gasteiger partial charge is 0.323 e. The molecule has 146 valence electrons. The van der Waals surface area contributed by atoms with E-state index in [4.69, 9.17) is 16.3 Å². The van der Waals surface area contributed by atoms with E-state index < -0.39 is 0 Å². The number of carbonyl (C=O) groups is 1. The lowest BCUT2D eigenvalue weighted by Gasteiger charge is -2.09. The fourth-order valence-electron chi connectivity index (χ4n) is 3.09. The summed E-state index contributed by atoms with van der Waals surface area (Å²) < 4.78 is 5.40. The Bertz CT molecular complexity index is 1140. The monoisotopic (exact) mass is 405 g/mol. The first-order valence-electron chi connectivity index (χ1n) is 9.30. The first kappa shape index (κ1) is 18.9. The van der Waals surface area contributed by atoms with E-state index in [1.54, 1.807) is 12.1 Å². The molecule has 0 aliphatic rings. The number of urea groups is 1. The summed E-state index contributed by atoms with van der Waals surface area (Å²) in [5.74, 6) is 0.772. The van der Waals surface area contributed by atoms with Crippen LogP contribution in [0.2, 0.25) is 5.02 Å². The zero-order chi connectivity index (χ0) is 20.2. The number of amides is 2. The van der Waals surface area contributed by atoms with Crippen molar-refractivity contribution in [2.45, 2.75) is 6.92 Å². The lowest BCUT2D eigenvalue weighted by Crippen LogP contribution is -2.19. The van der Waals surface area contributed by atoms with Crippen molar-refractivity contribution >= 4 is 39.9 Å². The summed E-state index contributed by atoms with van der Waals surface area (Å²) in [6.45, 7) is 2.54. The van der Waals surface area contributed by atoms with Gasteiger partial charge in [0.05, 0.1) is 6.61 Å². The molecule has 0 aliphatic heterocycles. The minimum absolute atomic E-state index is 0.304. The minimum atomic E-state index is -0.304. The Morgan fingerprint density at radius 3 is 2.24 bits per heavy atom. The van der Waals surface area contributed by atoms with E-state index in [0.717, 1.165) is 27.9 Å². The van der Waals surface area contributed by atoms with Crippen molar-refractivity contribution in [3.05, 3.63) is 77.8 Å². The topological polar surface area (TPSA) is 66.2 Å². The average molecular weight is 406 g/mol. The number of H-pyrrole nitrogens is 1. The molecule has 4 aromatic rings. The molecule has 3 N–H and O–H groups in total. The number of aromatic amines is 1. The van der Waals surface area contributed by atoms with Crippen LogP contribution in [0.25, 0.3) is 22.2 Å². The van der Waals surface area contributed by atoms with Gasteiger partial charge in [0.1, 0.15) is 5.75 Å². The van der Waals surface area contributed by atoms with Crippen molar-refractivity contribution in [2.75, 3.05) is 17.2 Å². The number of carbonyl (C=O) groups excluding carboxylic acids is 1. The Labute approximate surface area is 173 Å². The van der Waals surface area contributed by atoms with Gasteiger partial charge in [0, 0.05) is 33.0 Å². The predicted octanol–water partition coefficient (Wildman–Crippen LogP) is 6.53. The molecule has 4 rings (SSSR count). The normalized spacial score (nSPS) is 10.7. The van der Waals surface area contributed by atoms with E-state index in [1.165, 1.54) is 0 Å². The van der Waals surface area contributed by atoms with Gasteiger partial charge in [0.25, 0.3) is 0 Å². The van der Waals surface area contributed by atoms with Crippen LogP contribution < -0.4 is 15.4 Å². The zero-order valence-corrected chi connectivity index (χ0v) is 16.6. The van der Waals surface area contributed by atoms with E-state index in [-0.39, 0.29) is 6.03 Å². The molecule has 29 heavy (non-hydrogen) atoms. The second-order valence-electron chi connectivity index (χ2n) is 6.53. The van der Waals surface area contributed by atoms with E-state index >= 15 is 0 Å². The van der Waals surface area contributed by atoms with Gasteiger partial charge in [-0.3, -0.25) is 0 Å². The molecule has 6 heteroatoms. The molecule has 0 saturated heterocycles. The van der Waals surface area contributed by atoms with Gasteiger partial charge in [-0.25, -0.2) is 4.79 Å². The Hall–Kier alpha value is -3.44. The van der Waals surface area contributed by atoms with Crippen LogP contribution in [0.4, 0.5) is 16.2 Å². The number of benzene rings is 3. The number of aromatic nitrogens is 1. The molecule has 0 radical (unpaired) electrons. The summed E-state index contributed by atoms with van der Waals surface area (Å²) in [5.41, 5.74) is 4.44. The molecule has 0 saturated carbocycles. The molecule has 0 atom stereocenters. The van der Waals surface area contributed by atoms with Gasteiger partial charge in [0.2, 0.25) is 0 Å². The maximum absolute atomic E-state index is 12.2. The number of hydrogen-bond acceptors (Lipinski definition) is 2. The van der Waals surface area contributed by atoms with Gasteiger partial charge in [-0.15, -0.1) is 0 Å². The van der Waals surface area contributed by atoms with E-state index in [9.17, 15) is 4.79 Å². The predicted molar refractivity (Wildman–Crippen MR) is 119 cm³/mol. The third kappa shape index (κ3) is 4.52. The first-order chi connectivity index (χ1) is 14.1. The lowest BCUT2D eigenvalue weighted by molar-refractivity contribution is 0.262. The van der Waals surface area contributed by atoms with E-state index in [0.29, 0.717) is 23.0 Å². The summed E-state index contributed by atoms with van der Waals surface area (Å²) in [7, 11) is 0. The second kappa shape index (κ2) is 8.29. The van der Waals surface area contributed by atoms with Crippen LogP contribution in [0.5, 0.6) is 5.75 Å². The van der Waals surface area contributed by atoms with Crippen LogP contribution in [-0.4, -0.2) is 17.6 Å². The van der Waals surface area contributed by atoms with Gasteiger partial charge in [0.15, 0.2) is 0 Å². The number of halogens is 1. The van der Waals surface area contributed by atoms with Crippen molar-refractivity contribution in [3.63, 3.8) is 0 Å². The molecule has 2 amide bonds. The first-order valence-corrected chi connectivity index (χ1v) is 9.68. The summed E-state index contributed by atoms with van der Waals surface area (Å²) in [4.78, 5) is 15.6. The number of anilines is 2. The molecule has 1 heterocycles. The van der Waals surface area contributed by atoms with E-state index in [2.05, 4.69) is 21.7 Å². The molecular formula is C23H20ClN3O2. The van der Waals surface area contributed by atoms with Crippen LogP contribution in [-0.2, 0) is 0 Å². The third-order valence-electron chi connectivity index (χ3n) is 4.46.